The van der Waals surface area contributed by atoms with Crippen molar-refractivity contribution in [3.63, 3.8) is 0 Å². The summed E-state index contributed by atoms with van der Waals surface area (Å²) >= 11 is 1.37. The van der Waals surface area contributed by atoms with Crippen LogP contribution in [0.15, 0.2) is 35.7 Å². The van der Waals surface area contributed by atoms with E-state index >= 15 is 0 Å². The summed E-state index contributed by atoms with van der Waals surface area (Å²) in [5.41, 5.74) is 2.37. The highest BCUT2D eigenvalue weighted by atomic mass is 32.1. The number of hydrogen-bond donors (Lipinski definition) is 0. The molecule has 2 aromatic heterocycles. The first-order valence-corrected chi connectivity index (χ1v) is 9.27. The van der Waals surface area contributed by atoms with Crippen LogP contribution in [0.1, 0.15) is 22.5 Å². The largest absolute Gasteiger partial charge is 0.493 e. The molecule has 4 nitrogen and oxygen atoms in total. The number of aryl methyl sites for hydroxylation is 1. The molecule has 0 unspecified atom stereocenters. The Morgan fingerprint density at radius 1 is 1.30 bits per heavy atom. The third-order valence-corrected chi connectivity index (χ3v) is 5.26. The van der Waals surface area contributed by atoms with E-state index in [2.05, 4.69) is 5.10 Å². The number of ether oxygens (including phenoxy) is 1. The molecule has 0 saturated carbocycles. The third-order valence-electron chi connectivity index (χ3n) is 4.38. The standard InChI is InChI=1S/C19H15F3N2O2S/c20-19(21,22)11-24-14(10-25)17(18(23-24)16-4-2-8-27-16)13-5-6-15-12(9-13)3-1-7-26-15/h2,4-6,8-10H,1,3,7,11H2. The molecule has 0 amide bonds. The smallest absolute Gasteiger partial charge is 0.408 e. The number of hydrogen-bond acceptors (Lipinski definition) is 4. The van der Waals surface area contributed by atoms with Gasteiger partial charge in [-0.25, -0.2) is 0 Å². The summed E-state index contributed by atoms with van der Waals surface area (Å²) in [6.45, 7) is -0.663. The van der Waals surface area contributed by atoms with Gasteiger partial charge in [-0.2, -0.15) is 18.3 Å². The summed E-state index contributed by atoms with van der Waals surface area (Å²) in [4.78, 5) is 12.4. The van der Waals surface area contributed by atoms with Gasteiger partial charge >= 0.3 is 6.18 Å². The highest BCUT2D eigenvalue weighted by Crippen LogP contribution is 2.39. The lowest BCUT2D eigenvalue weighted by Gasteiger charge is -2.18. The lowest BCUT2D eigenvalue weighted by Crippen LogP contribution is -2.20. The van der Waals surface area contributed by atoms with Crippen molar-refractivity contribution in [1.29, 1.82) is 0 Å². The van der Waals surface area contributed by atoms with Crippen LogP contribution in [0.5, 0.6) is 5.75 Å². The van der Waals surface area contributed by atoms with Crippen molar-refractivity contribution in [2.75, 3.05) is 6.61 Å². The number of carbonyl (C=O) groups is 1. The second-order valence-corrected chi connectivity index (χ2v) is 7.20. The maximum absolute atomic E-state index is 13.0. The lowest BCUT2D eigenvalue weighted by atomic mass is 9.97. The number of rotatable bonds is 4. The van der Waals surface area contributed by atoms with Gasteiger partial charge < -0.3 is 4.74 Å². The van der Waals surface area contributed by atoms with Gasteiger partial charge in [0, 0.05) is 5.56 Å². The van der Waals surface area contributed by atoms with E-state index < -0.39 is 12.7 Å². The zero-order valence-corrected chi connectivity index (χ0v) is 14.9. The van der Waals surface area contributed by atoms with Crippen LogP contribution in [0.4, 0.5) is 13.2 Å². The first-order chi connectivity index (χ1) is 13.0. The van der Waals surface area contributed by atoms with Gasteiger partial charge in [0.05, 0.1) is 11.5 Å². The molecule has 0 spiro atoms. The summed E-state index contributed by atoms with van der Waals surface area (Å²) in [6, 6.07) is 9.03. The van der Waals surface area contributed by atoms with Crippen LogP contribution in [0.25, 0.3) is 21.7 Å². The second-order valence-electron chi connectivity index (χ2n) is 6.25. The van der Waals surface area contributed by atoms with Gasteiger partial charge in [-0.3, -0.25) is 9.48 Å². The molecular formula is C19H15F3N2O2S. The summed E-state index contributed by atoms with van der Waals surface area (Å²) in [6.07, 6.45) is -2.33. The quantitative estimate of drug-likeness (QED) is 0.589. The molecule has 140 valence electrons. The average Bonchev–Trinajstić information content (AvgIpc) is 3.27. The van der Waals surface area contributed by atoms with E-state index in [1.807, 2.05) is 11.4 Å². The highest BCUT2D eigenvalue weighted by molar-refractivity contribution is 7.13. The van der Waals surface area contributed by atoms with E-state index in [1.54, 1.807) is 24.3 Å². The number of carbonyl (C=O) groups excluding carboxylic acids is 1. The van der Waals surface area contributed by atoms with Crippen LogP contribution in [-0.4, -0.2) is 28.8 Å². The van der Waals surface area contributed by atoms with Crippen LogP contribution < -0.4 is 4.74 Å². The molecule has 0 atom stereocenters. The van der Waals surface area contributed by atoms with E-state index in [-0.39, 0.29) is 5.69 Å². The van der Waals surface area contributed by atoms with Crippen molar-refractivity contribution in [2.45, 2.75) is 25.6 Å². The minimum absolute atomic E-state index is 0.0765. The van der Waals surface area contributed by atoms with Gasteiger partial charge in [0.15, 0.2) is 6.29 Å². The Morgan fingerprint density at radius 2 is 2.15 bits per heavy atom. The normalized spacial score (nSPS) is 13.9. The number of aromatic nitrogens is 2. The van der Waals surface area contributed by atoms with E-state index in [0.717, 1.165) is 28.8 Å². The fraction of sp³-hybridized carbons (Fsp3) is 0.263. The Morgan fingerprint density at radius 3 is 2.85 bits per heavy atom. The minimum Gasteiger partial charge on any atom is -0.493 e. The van der Waals surface area contributed by atoms with Crippen LogP contribution >= 0.6 is 11.3 Å². The van der Waals surface area contributed by atoms with Gasteiger partial charge in [-0.1, -0.05) is 12.1 Å². The lowest BCUT2D eigenvalue weighted by molar-refractivity contribution is -0.142. The summed E-state index contributed by atoms with van der Waals surface area (Å²) < 4.78 is 45.3. The summed E-state index contributed by atoms with van der Waals surface area (Å²) in [5, 5.41) is 5.96. The van der Waals surface area contributed by atoms with Crippen molar-refractivity contribution >= 4 is 17.6 Å². The molecule has 0 bridgehead atoms. The zero-order chi connectivity index (χ0) is 19.0. The molecule has 0 aliphatic carbocycles. The molecule has 1 aliphatic rings. The minimum atomic E-state index is -4.47. The summed E-state index contributed by atoms with van der Waals surface area (Å²) in [5.74, 6) is 0.776. The first kappa shape index (κ1) is 17.8. The van der Waals surface area contributed by atoms with Crippen molar-refractivity contribution < 1.29 is 22.7 Å². The Hall–Kier alpha value is -2.61. The number of benzene rings is 1. The van der Waals surface area contributed by atoms with Gasteiger partial charge in [0.25, 0.3) is 0 Å². The van der Waals surface area contributed by atoms with Gasteiger partial charge in [-0.05, 0) is 47.5 Å². The van der Waals surface area contributed by atoms with E-state index in [9.17, 15) is 18.0 Å². The average molecular weight is 392 g/mol. The molecule has 3 heterocycles. The van der Waals surface area contributed by atoms with Crippen LogP contribution in [0.2, 0.25) is 0 Å². The molecule has 0 radical (unpaired) electrons. The predicted molar refractivity (Wildman–Crippen MR) is 96.2 cm³/mol. The second kappa shape index (κ2) is 6.84. The Bertz CT molecular complexity index is 978. The molecule has 4 rings (SSSR count). The molecule has 0 saturated heterocycles. The zero-order valence-electron chi connectivity index (χ0n) is 14.1. The maximum Gasteiger partial charge on any atom is 0.408 e. The van der Waals surface area contributed by atoms with Crippen molar-refractivity contribution in [2.24, 2.45) is 0 Å². The Kier molecular flexibility index (Phi) is 4.51. The van der Waals surface area contributed by atoms with Crippen LogP contribution in [0.3, 0.4) is 0 Å². The highest BCUT2D eigenvalue weighted by Gasteiger charge is 2.32. The number of thiophene rings is 1. The molecule has 27 heavy (non-hydrogen) atoms. The number of aldehydes is 1. The molecule has 1 aliphatic heterocycles. The molecule has 0 N–H and O–H groups in total. The van der Waals surface area contributed by atoms with Gasteiger partial charge in [-0.15, -0.1) is 11.3 Å². The predicted octanol–water partition coefficient (Wildman–Crippen LogP) is 4.98. The fourth-order valence-corrected chi connectivity index (χ4v) is 3.99. The molecule has 0 fully saturated rings. The molecule has 3 aromatic rings. The maximum atomic E-state index is 13.0. The Labute approximate surface area is 157 Å². The number of nitrogens with zero attached hydrogens (tertiary/aromatic N) is 2. The number of fused-ring (bicyclic) bond motifs is 1. The van der Waals surface area contributed by atoms with E-state index in [0.29, 0.717) is 34.6 Å². The first-order valence-electron chi connectivity index (χ1n) is 8.39. The topological polar surface area (TPSA) is 44.1 Å². The number of alkyl halides is 3. The van der Waals surface area contributed by atoms with E-state index in [1.165, 1.54) is 11.3 Å². The van der Waals surface area contributed by atoms with Crippen molar-refractivity contribution in [3.8, 4) is 27.4 Å². The monoisotopic (exact) mass is 392 g/mol. The third kappa shape index (κ3) is 3.49. The SMILES string of the molecule is O=Cc1c(-c2ccc3c(c2)CCCO3)c(-c2cccs2)nn1CC(F)(F)F. The van der Waals surface area contributed by atoms with Gasteiger partial charge in [0.2, 0.25) is 0 Å². The molecule has 1 aromatic carbocycles. The van der Waals surface area contributed by atoms with Crippen LogP contribution in [-0.2, 0) is 13.0 Å². The number of halogens is 3. The van der Waals surface area contributed by atoms with Crippen molar-refractivity contribution in [1.82, 2.24) is 9.78 Å². The van der Waals surface area contributed by atoms with Crippen molar-refractivity contribution in [3.05, 3.63) is 47.0 Å². The van der Waals surface area contributed by atoms with Gasteiger partial charge in [0.1, 0.15) is 23.7 Å². The fourth-order valence-electron chi connectivity index (χ4n) is 3.27. The molecular weight excluding hydrogens is 377 g/mol. The molecule has 8 heteroatoms. The Balaban J connectivity index is 1.91. The van der Waals surface area contributed by atoms with Crippen LogP contribution in [0, 0.1) is 0 Å². The summed E-state index contributed by atoms with van der Waals surface area (Å²) in [7, 11) is 0. The van der Waals surface area contributed by atoms with E-state index in [4.69, 9.17) is 4.74 Å².